The van der Waals surface area contributed by atoms with Crippen molar-refractivity contribution in [3.8, 4) is 11.5 Å². The Morgan fingerprint density at radius 3 is 2.27 bits per heavy atom. The fourth-order valence-corrected chi connectivity index (χ4v) is 2.66. The van der Waals surface area contributed by atoms with Gasteiger partial charge in [-0.3, -0.25) is 9.59 Å². The lowest BCUT2D eigenvalue weighted by Gasteiger charge is -2.17. The molecule has 0 aromatic heterocycles. The maximum absolute atomic E-state index is 12.4. The molecule has 0 amide bonds. The molecule has 0 heterocycles. The largest absolute Gasteiger partial charge is 0.497 e. The van der Waals surface area contributed by atoms with Crippen LogP contribution < -0.4 is 9.47 Å². The van der Waals surface area contributed by atoms with E-state index in [4.69, 9.17) is 14.2 Å². The SMILES string of the molecule is COC1=CC(=O)c2c(ccc3c(OC)cc(OC)cc23)C1=O. The lowest BCUT2D eigenvalue weighted by atomic mass is 9.88. The average molecular weight is 298 g/mol. The smallest absolute Gasteiger partial charge is 0.228 e. The van der Waals surface area contributed by atoms with Crippen LogP contribution in [0, 0.1) is 0 Å². The summed E-state index contributed by atoms with van der Waals surface area (Å²) in [6.07, 6.45) is 1.22. The van der Waals surface area contributed by atoms with Gasteiger partial charge in [0.2, 0.25) is 5.78 Å². The zero-order chi connectivity index (χ0) is 15.9. The molecular formula is C17H14O5. The van der Waals surface area contributed by atoms with Crippen LogP contribution in [0.3, 0.4) is 0 Å². The van der Waals surface area contributed by atoms with Crippen LogP contribution in [0.15, 0.2) is 36.1 Å². The van der Waals surface area contributed by atoms with E-state index in [0.717, 1.165) is 5.39 Å². The monoisotopic (exact) mass is 298 g/mol. The fourth-order valence-electron chi connectivity index (χ4n) is 2.66. The molecule has 0 aliphatic heterocycles. The highest BCUT2D eigenvalue weighted by atomic mass is 16.5. The molecule has 0 N–H and O–H groups in total. The third-order valence-electron chi connectivity index (χ3n) is 3.72. The van der Waals surface area contributed by atoms with Gasteiger partial charge in [0, 0.05) is 34.0 Å². The highest BCUT2D eigenvalue weighted by Gasteiger charge is 2.28. The lowest BCUT2D eigenvalue weighted by molar-refractivity contribution is 0.0917. The molecule has 5 nitrogen and oxygen atoms in total. The Balaban J connectivity index is 2.38. The molecule has 1 aliphatic rings. The number of hydrogen-bond donors (Lipinski definition) is 0. The molecule has 0 saturated carbocycles. The number of hydrogen-bond acceptors (Lipinski definition) is 5. The summed E-state index contributed by atoms with van der Waals surface area (Å²) < 4.78 is 15.6. The number of Topliss-reactive ketones (excluding diaryl/α,β-unsaturated/α-hetero) is 1. The van der Waals surface area contributed by atoms with Gasteiger partial charge in [-0.05, 0) is 18.2 Å². The van der Waals surface area contributed by atoms with Crippen molar-refractivity contribution in [1.82, 2.24) is 0 Å². The molecule has 0 unspecified atom stereocenters. The van der Waals surface area contributed by atoms with E-state index >= 15 is 0 Å². The molecule has 0 atom stereocenters. The van der Waals surface area contributed by atoms with Gasteiger partial charge in [-0.2, -0.15) is 0 Å². The summed E-state index contributed by atoms with van der Waals surface area (Å²) in [5, 5.41) is 1.37. The van der Waals surface area contributed by atoms with Crippen molar-refractivity contribution in [2.75, 3.05) is 21.3 Å². The van der Waals surface area contributed by atoms with E-state index in [1.165, 1.54) is 20.3 Å². The molecule has 2 aromatic carbocycles. The topological polar surface area (TPSA) is 61.8 Å². The third-order valence-corrected chi connectivity index (χ3v) is 3.72. The van der Waals surface area contributed by atoms with Crippen LogP contribution in [0.25, 0.3) is 10.8 Å². The summed E-state index contributed by atoms with van der Waals surface area (Å²) in [7, 11) is 4.45. The number of carbonyl (C=O) groups excluding carboxylic acids is 2. The van der Waals surface area contributed by atoms with Crippen molar-refractivity contribution in [3.63, 3.8) is 0 Å². The fraction of sp³-hybridized carbons (Fsp3) is 0.176. The van der Waals surface area contributed by atoms with Gasteiger partial charge in [-0.25, -0.2) is 0 Å². The highest BCUT2D eigenvalue weighted by molar-refractivity contribution is 6.28. The zero-order valence-electron chi connectivity index (χ0n) is 12.4. The quantitative estimate of drug-likeness (QED) is 0.872. The molecule has 22 heavy (non-hydrogen) atoms. The van der Waals surface area contributed by atoms with Crippen LogP contribution >= 0.6 is 0 Å². The van der Waals surface area contributed by atoms with E-state index in [1.54, 1.807) is 31.4 Å². The Morgan fingerprint density at radius 1 is 0.864 bits per heavy atom. The number of rotatable bonds is 3. The highest BCUT2D eigenvalue weighted by Crippen LogP contribution is 2.36. The molecule has 3 rings (SSSR count). The molecule has 0 bridgehead atoms. The summed E-state index contributed by atoms with van der Waals surface area (Å²) >= 11 is 0. The number of fused-ring (bicyclic) bond motifs is 3. The first-order valence-corrected chi connectivity index (χ1v) is 6.64. The van der Waals surface area contributed by atoms with Crippen molar-refractivity contribution in [2.45, 2.75) is 0 Å². The van der Waals surface area contributed by atoms with Gasteiger partial charge >= 0.3 is 0 Å². The third kappa shape index (κ3) is 1.94. The second-order valence-corrected chi connectivity index (χ2v) is 4.82. The molecular weight excluding hydrogens is 284 g/mol. The predicted octanol–water partition coefficient (Wildman–Crippen LogP) is 2.77. The minimum atomic E-state index is -0.305. The van der Waals surface area contributed by atoms with Crippen molar-refractivity contribution in [1.29, 1.82) is 0 Å². The first-order valence-electron chi connectivity index (χ1n) is 6.64. The maximum Gasteiger partial charge on any atom is 0.228 e. The molecule has 1 aliphatic carbocycles. The van der Waals surface area contributed by atoms with Crippen molar-refractivity contribution >= 4 is 22.3 Å². The van der Waals surface area contributed by atoms with Crippen LogP contribution in [0.4, 0.5) is 0 Å². The van der Waals surface area contributed by atoms with Gasteiger partial charge in [0.1, 0.15) is 11.5 Å². The summed E-state index contributed by atoms with van der Waals surface area (Å²) in [6.45, 7) is 0. The van der Waals surface area contributed by atoms with Gasteiger partial charge in [0.15, 0.2) is 11.5 Å². The molecule has 0 radical (unpaired) electrons. The van der Waals surface area contributed by atoms with Crippen LogP contribution in [0.5, 0.6) is 11.5 Å². The summed E-state index contributed by atoms with van der Waals surface area (Å²) in [5.41, 5.74) is 0.674. The van der Waals surface area contributed by atoms with Crippen molar-refractivity contribution < 1.29 is 23.8 Å². The number of benzene rings is 2. The maximum atomic E-state index is 12.4. The standard InChI is InChI=1S/C17H14O5/c1-20-9-6-12-10(14(7-9)21-2)4-5-11-16(12)13(18)8-15(22-3)17(11)19/h4-8H,1-3H3. The van der Waals surface area contributed by atoms with E-state index in [1.807, 2.05) is 0 Å². The average Bonchev–Trinajstić information content (AvgIpc) is 2.55. The number of ether oxygens (including phenoxy) is 3. The van der Waals surface area contributed by atoms with Gasteiger partial charge < -0.3 is 14.2 Å². The van der Waals surface area contributed by atoms with E-state index in [-0.39, 0.29) is 17.3 Å². The van der Waals surface area contributed by atoms with Crippen molar-refractivity contribution in [2.24, 2.45) is 0 Å². The normalized spacial score (nSPS) is 13.7. The van der Waals surface area contributed by atoms with E-state index < -0.39 is 0 Å². The molecule has 0 fully saturated rings. The summed E-state index contributed by atoms with van der Waals surface area (Å²) in [4.78, 5) is 24.8. The van der Waals surface area contributed by atoms with Crippen LogP contribution in [0.2, 0.25) is 0 Å². The number of ketones is 2. The zero-order valence-corrected chi connectivity index (χ0v) is 12.4. The van der Waals surface area contributed by atoms with Crippen LogP contribution in [0.1, 0.15) is 20.7 Å². The Morgan fingerprint density at radius 2 is 1.64 bits per heavy atom. The van der Waals surface area contributed by atoms with E-state index in [2.05, 4.69) is 0 Å². The summed E-state index contributed by atoms with van der Waals surface area (Å²) in [6, 6.07) is 6.85. The molecule has 2 aromatic rings. The summed E-state index contributed by atoms with van der Waals surface area (Å²) in [5.74, 6) is 0.610. The minimum absolute atomic E-state index is 0.0479. The van der Waals surface area contributed by atoms with Crippen LogP contribution in [-0.4, -0.2) is 32.9 Å². The molecule has 0 spiro atoms. The molecule has 112 valence electrons. The number of allylic oxidation sites excluding steroid dienone is 2. The van der Waals surface area contributed by atoms with Gasteiger partial charge in [0.05, 0.1) is 21.3 Å². The van der Waals surface area contributed by atoms with Crippen molar-refractivity contribution in [3.05, 3.63) is 47.2 Å². The number of methoxy groups -OCH3 is 3. The molecule has 0 saturated heterocycles. The number of carbonyl (C=O) groups is 2. The molecule has 5 heteroatoms. The van der Waals surface area contributed by atoms with Crippen LogP contribution in [-0.2, 0) is 4.74 Å². The van der Waals surface area contributed by atoms with E-state index in [0.29, 0.717) is 28.0 Å². The second-order valence-electron chi connectivity index (χ2n) is 4.82. The Labute approximate surface area is 127 Å². The van der Waals surface area contributed by atoms with Gasteiger partial charge in [0.25, 0.3) is 0 Å². The minimum Gasteiger partial charge on any atom is -0.497 e. The van der Waals surface area contributed by atoms with Gasteiger partial charge in [-0.1, -0.05) is 0 Å². The second kappa shape index (κ2) is 5.18. The Bertz CT molecular complexity index is 833. The first kappa shape index (κ1) is 14.1. The van der Waals surface area contributed by atoms with E-state index in [9.17, 15) is 9.59 Å². The lowest BCUT2D eigenvalue weighted by Crippen LogP contribution is -2.18. The van der Waals surface area contributed by atoms with Gasteiger partial charge in [-0.15, -0.1) is 0 Å². The first-order chi connectivity index (χ1) is 10.6. The Hall–Kier alpha value is -2.82. The Kier molecular flexibility index (Phi) is 3.33. The predicted molar refractivity (Wildman–Crippen MR) is 80.8 cm³/mol.